The summed E-state index contributed by atoms with van der Waals surface area (Å²) in [7, 11) is 1.73. The molecule has 0 saturated heterocycles. The van der Waals surface area contributed by atoms with Gasteiger partial charge in [-0.15, -0.1) is 0 Å². The summed E-state index contributed by atoms with van der Waals surface area (Å²) in [4.78, 5) is 24.8. The third-order valence-corrected chi connectivity index (χ3v) is 3.39. The van der Waals surface area contributed by atoms with Gasteiger partial charge in [0.05, 0.1) is 6.54 Å². The molecule has 2 amide bonds. The molecule has 0 aliphatic rings. The second-order valence-corrected chi connectivity index (χ2v) is 4.96. The minimum atomic E-state index is -0.0529. The molecule has 19 heavy (non-hydrogen) atoms. The van der Waals surface area contributed by atoms with E-state index < -0.39 is 0 Å². The maximum atomic E-state index is 11.7. The van der Waals surface area contributed by atoms with Gasteiger partial charge in [0.15, 0.2) is 0 Å². The molecule has 1 atom stereocenters. The Labute approximate surface area is 116 Å². The van der Waals surface area contributed by atoms with Crippen LogP contribution in [-0.2, 0) is 9.59 Å². The van der Waals surface area contributed by atoms with E-state index in [9.17, 15) is 9.59 Å². The first-order valence-electron chi connectivity index (χ1n) is 7.25. The molecular formula is C14H29N3O2. The molecule has 0 rings (SSSR count). The summed E-state index contributed by atoms with van der Waals surface area (Å²) in [6, 6.07) is 0. The van der Waals surface area contributed by atoms with Crippen LogP contribution in [0.3, 0.4) is 0 Å². The highest BCUT2D eigenvalue weighted by Crippen LogP contribution is 2.16. The number of nitrogens with zero attached hydrogens (tertiary/aromatic N) is 1. The van der Waals surface area contributed by atoms with E-state index in [-0.39, 0.29) is 18.4 Å². The smallest absolute Gasteiger partial charge is 0.241 e. The van der Waals surface area contributed by atoms with Crippen LogP contribution in [0.15, 0.2) is 0 Å². The van der Waals surface area contributed by atoms with Gasteiger partial charge in [0.1, 0.15) is 0 Å². The molecule has 0 aromatic carbocycles. The van der Waals surface area contributed by atoms with E-state index in [1.165, 1.54) is 0 Å². The molecule has 0 fully saturated rings. The van der Waals surface area contributed by atoms with E-state index in [2.05, 4.69) is 12.2 Å². The van der Waals surface area contributed by atoms with Crippen LogP contribution < -0.4 is 11.1 Å². The fourth-order valence-corrected chi connectivity index (χ4v) is 1.99. The average Bonchev–Trinajstić information content (AvgIpc) is 2.41. The van der Waals surface area contributed by atoms with E-state index in [1.54, 1.807) is 11.9 Å². The summed E-state index contributed by atoms with van der Waals surface area (Å²) in [5.74, 6) is 0.425. The molecule has 1 unspecified atom stereocenters. The Kier molecular flexibility index (Phi) is 10.2. The molecule has 0 heterocycles. The van der Waals surface area contributed by atoms with Crippen LogP contribution in [0.2, 0.25) is 0 Å². The predicted molar refractivity (Wildman–Crippen MR) is 77.6 cm³/mol. The van der Waals surface area contributed by atoms with Crippen LogP contribution in [0, 0.1) is 5.92 Å². The van der Waals surface area contributed by atoms with Crippen molar-refractivity contribution in [3.05, 3.63) is 0 Å². The van der Waals surface area contributed by atoms with Gasteiger partial charge in [-0.25, -0.2) is 0 Å². The van der Waals surface area contributed by atoms with E-state index in [0.717, 1.165) is 25.7 Å². The lowest BCUT2D eigenvalue weighted by molar-refractivity contribution is -0.131. The third kappa shape index (κ3) is 8.59. The van der Waals surface area contributed by atoms with Gasteiger partial charge >= 0.3 is 0 Å². The number of nitrogens with two attached hydrogens (primary N) is 1. The molecule has 112 valence electrons. The van der Waals surface area contributed by atoms with Crippen molar-refractivity contribution >= 4 is 11.8 Å². The predicted octanol–water partition coefficient (Wildman–Crippen LogP) is 1.13. The van der Waals surface area contributed by atoms with E-state index in [1.807, 2.05) is 6.92 Å². The first-order valence-corrected chi connectivity index (χ1v) is 7.25. The summed E-state index contributed by atoms with van der Waals surface area (Å²) in [6.07, 6.45) is 4.54. The summed E-state index contributed by atoms with van der Waals surface area (Å²) in [5.41, 5.74) is 5.56. The molecule has 5 nitrogen and oxygen atoms in total. The minimum Gasteiger partial charge on any atom is -0.347 e. The van der Waals surface area contributed by atoms with Crippen molar-refractivity contribution in [2.75, 3.05) is 26.7 Å². The Hall–Kier alpha value is -1.10. The van der Waals surface area contributed by atoms with Crippen LogP contribution in [0.5, 0.6) is 0 Å². The normalized spacial score (nSPS) is 12.0. The SMILES string of the molecule is CCCC(CCN)CCC(=O)NCC(=O)N(C)CC. The Morgan fingerprint density at radius 1 is 1.21 bits per heavy atom. The zero-order valence-corrected chi connectivity index (χ0v) is 12.6. The highest BCUT2D eigenvalue weighted by Gasteiger charge is 2.12. The Morgan fingerprint density at radius 3 is 2.42 bits per heavy atom. The molecule has 0 aromatic heterocycles. The highest BCUT2D eigenvalue weighted by atomic mass is 16.2. The molecule has 0 aliphatic carbocycles. The third-order valence-electron chi connectivity index (χ3n) is 3.39. The second kappa shape index (κ2) is 10.8. The first kappa shape index (κ1) is 17.9. The summed E-state index contributed by atoms with van der Waals surface area (Å²) in [6.45, 7) is 5.47. The maximum absolute atomic E-state index is 11.7. The van der Waals surface area contributed by atoms with E-state index in [4.69, 9.17) is 5.73 Å². The lowest BCUT2D eigenvalue weighted by atomic mass is 9.94. The van der Waals surface area contributed by atoms with Gasteiger partial charge in [0.25, 0.3) is 0 Å². The summed E-state index contributed by atoms with van der Waals surface area (Å²) < 4.78 is 0. The Morgan fingerprint density at radius 2 is 1.89 bits per heavy atom. The number of hydrogen-bond donors (Lipinski definition) is 2. The van der Waals surface area contributed by atoms with Crippen molar-refractivity contribution in [1.82, 2.24) is 10.2 Å². The van der Waals surface area contributed by atoms with Crippen molar-refractivity contribution in [3.63, 3.8) is 0 Å². The number of hydrogen-bond acceptors (Lipinski definition) is 3. The van der Waals surface area contributed by atoms with Gasteiger partial charge in [-0.05, 0) is 32.2 Å². The number of likely N-dealkylation sites (N-methyl/N-ethyl adjacent to an activating group) is 1. The number of nitrogens with one attached hydrogen (secondary N) is 1. The summed E-state index contributed by atoms with van der Waals surface area (Å²) >= 11 is 0. The fraction of sp³-hybridized carbons (Fsp3) is 0.857. The highest BCUT2D eigenvalue weighted by molar-refractivity contribution is 5.84. The molecule has 0 bridgehead atoms. The van der Waals surface area contributed by atoms with E-state index in [0.29, 0.717) is 25.4 Å². The first-order chi connectivity index (χ1) is 9.04. The molecule has 0 spiro atoms. The van der Waals surface area contributed by atoms with Crippen molar-refractivity contribution < 1.29 is 9.59 Å². The van der Waals surface area contributed by atoms with Crippen LogP contribution in [-0.4, -0.2) is 43.4 Å². The molecule has 0 aromatic rings. The Balaban J connectivity index is 3.87. The number of carbonyl (C=O) groups is 2. The molecule has 3 N–H and O–H groups in total. The molecule has 0 radical (unpaired) electrons. The fourth-order valence-electron chi connectivity index (χ4n) is 1.99. The molecule has 0 saturated carbocycles. The van der Waals surface area contributed by atoms with Crippen molar-refractivity contribution in [1.29, 1.82) is 0 Å². The van der Waals surface area contributed by atoms with Crippen LogP contribution in [0.25, 0.3) is 0 Å². The van der Waals surface area contributed by atoms with Gasteiger partial charge in [0.2, 0.25) is 11.8 Å². The van der Waals surface area contributed by atoms with E-state index >= 15 is 0 Å². The van der Waals surface area contributed by atoms with Crippen molar-refractivity contribution in [2.45, 2.75) is 46.0 Å². The number of rotatable bonds is 10. The molecule has 5 heteroatoms. The van der Waals surface area contributed by atoms with Crippen LogP contribution in [0.1, 0.15) is 46.0 Å². The lowest BCUT2D eigenvalue weighted by Crippen LogP contribution is -2.38. The number of amides is 2. The number of carbonyl (C=O) groups excluding carboxylic acids is 2. The van der Waals surface area contributed by atoms with Gasteiger partial charge in [-0.1, -0.05) is 19.8 Å². The zero-order valence-electron chi connectivity index (χ0n) is 12.6. The van der Waals surface area contributed by atoms with Gasteiger partial charge in [0, 0.05) is 20.0 Å². The maximum Gasteiger partial charge on any atom is 0.241 e. The zero-order chi connectivity index (χ0) is 14.7. The topological polar surface area (TPSA) is 75.4 Å². The van der Waals surface area contributed by atoms with Gasteiger partial charge < -0.3 is 16.0 Å². The van der Waals surface area contributed by atoms with Crippen molar-refractivity contribution in [3.8, 4) is 0 Å². The summed E-state index contributed by atoms with van der Waals surface area (Å²) in [5, 5.41) is 2.68. The van der Waals surface area contributed by atoms with Gasteiger partial charge in [-0.2, -0.15) is 0 Å². The van der Waals surface area contributed by atoms with Crippen LogP contribution >= 0.6 is 0 Å². The molecular weight excluding hydrogens is 242 g/mol. The second-order valence-electron chi connectivity index (χ2n) is 4.96. The lowest BCUT2D eigenvalue weighted by Gasteiger charge is -2.16. The quantitative estimate of drug-likeness (QED) is 0.625. The minimum absolute atomic E-state index is 0.0454. The van der Waals surface area contributed by atoms with Crippen molar-refractivity contribution in [2.24, 2.45) is 11.7 Å². The van der Waals surface area contributed by atoms with Gasteiger partial charge in [-0.3, -0.25) is 9.59 Å². The Bertz CT molecular complexity index is 263. The standard InChI is InChI=1S/C14H29N3O2/c1-4-6-12(9-10-15)7-8-13(18)16-11-14(19)17(3)5-2/h12H,4-11,15H2,1-3H3,(H,16,18). The van der Waals surface area contributed by atoms with Crippen LogP contribution in [0.4, 0.5) is 0 Å². The monoisotopic (exact) mass is 271 g/mol. The molecule has 0 aliphatic heterocycles. The largest absolute Gasteiger partial charge is 0.347 e. The average molecular weight is 271 g/mol.